The molecule has 2 bridgehead atoms. The van der Waals surface area contributed by atoms with E-state index >= 15 is 0 Å². The number of nitrogens with zero attached hydrogens (tertiary/aromatic N) is 2. The lowest BCUT2D eigenvalue weighted by molar-refractivity contribution is 0.620. The monoisotopic (exact) mass is 489 g/mol. The lowest BCUT2D eigenvalue weighted by atomic mass is 9.81. The minimum Gasteiger partial charge on any atom is -0.341 e. The Hall–Kier alpha value is -3.28. The van der Waals surface area contributed by atoms with Crippen LogP contribution in [0.5, 0.6) is 0 Å². The number of aromatic amines is 1. The fraction of sp³-hybridized carbons (Fsp3) is 0.375. The van der Waals surface area contributed by atoms with Crippen molar-refractivity contribution in [2.45, 2.75) is 63.5 Å². The van der Waals surface area contributed by atoms with Crippen molar-refractivity contribution in [2.24, 2.45) is 4.99 Å². The van der Waals surface area contributed by atoms with Gasteiger partial charge >= 0.3 is 0 Å². The van der Waals surface area contributed by atoms with Gasteiger partial charge in [0.1, 0.15) is 5.82 Å². The van der Waals surface area contributed by atoms with Gasteiger partial charge in [0.2, 0.25) is 0 Å². The van der Waals surface area contributed by atoms with Gasteiger partial charge in [0.15, 0.2) is 0 Å². The van der Waals surface area contributed by atoms with E-state index < -0.39 is 0 Å². The highest BCUT2D eigenvalue weighted by Crippen LogP contribution is 2.58. The Morgan fingerprint density at radius 2 is 1.51 bits per heavy atom. The Kier molecular flexibility index (Phi) is 5.34. The molecule has 5 nitrogen and oxygen atoms in total. The minimum absolute atomic E-state index is 0.199. The first-order valence-electron chi connectivity index (χ1n) is 13.8. The van der Waals surface area contributed by atoms with Gasteiger partial charge in [-0.2, -0.15) is 0 Å². The number of H-pyrrole nitrogens is 1. The molecule has 0 spiro atoms. The van der Waals surface area contributed by atoms with Crippen LogP contribution in [0.3, 0.4) is 0 Å². The molecule has 3 aliphatic rings. The summed E-state index contributed by atoms with van der Waals surface area (Å²) in [6.45, 7) is 4.32. The number of rotatable bonds is 6. The van der Waals surface area contributed by atoms with E-state index in [0.29, 0.717) is 17.9 Å². The second-order valence-corrected chi connectivity index (χ2v) is 11.2. The highest BCUT2D eigenvalue weighted by Gasteiger charge is 2.40. The van der Waals surface area contributed by atoms with Crippen LogP contribution in [-0.4, -0.2) is 35.8 Å². The molecule has 0 saturated heterocycles. The third kappa shape index (κ3) is 3.59. The molecule has 3 N–H and O–H groups in total. The van der Waals surface area contributed by atoms with Gasteiger partial charge in [0.05, 0.1) is 22.8 Å². The van der Waals surface area contributed by atoms with E-state index in [1.54, 1.807) is 11.1 Å². The largest absolute Gasteiger partial charge is 0.341 e. The predicted molar refractivity (Wildman–Crippen MR) is 153 cm³/mol. The predicted octanol–water partition coefficient (Wildman–Crippen LogP) is 6.78. The van der Waals surface area contributed by atoms with E-state index in [0.717, 1.165) is 29.0 Å². The van der Waals surface area contributed by atoms with Crippen LogP contribution in [0.4, 0.5) is 5.69 Å². The van der Waals surface area contributed by atoms with Crippen LogP contribution in [0, 0.1) is 0 Å². The van der Waals surface area contributed by atoms with Gasteiger partial charge in [-0.15, -0.1) is 0 Å². The minimum atomic E-state index is 0.199. The first-order chi connectivity index (χ1) is 18.0. The van der Waals surface area contributed by atoms with Crippen LogP contribution in [0.2, 0.25) is 0 Å². The van der Waals surface area contributed by atoms with Crippen molar-refractivity contribution in [1.82, 2.24) is 20.6 Å². The molecule has 0 amide bonds. The molecule has 37 heavy (non-hydrogen) atoms. The zero-order valence-corrected chi connectivity index (χ0v) is 22.2. The molecule has 4 unspecified atom stereocenters. The molecule has 3 aromatic carbocycles. The number of aromatic nitrogens is 2. The van der Waals surface area contributed by atoms with Gasteiger partial charge in [-0.1, -0.05) is 24.3 Å². The van der Waals surface area contributed by atoms with E-state index in [-0.39, 0.29) is 6.04 Å². The van der Waals surface area contributed by atoms with Crippen LogP contribution in [0.15, 0.2) is 53.5 Å². The number of imidazole rings is 1. The SMILES string of the molecule is CNC(C)C1=Nc2ccc(-c3ccc(-c4ccc5nc(C(C)NC)[nH]c5c4)c4c3C3CCC4C3)cc2C1. The summed E-state index contributed by atoms with van der Waals surface area (Å²) in [6.07, 6.45) is 4.87. The van der Waals surface area contributed by atoms with E-state index in [1.165, 1.54) is 52.8 Å². The van der Waals surface area contributed by atoms with E-state index in [1.807, 2.05) is 14.1 Å². The number of hydrogen-bond donors (Lipinski definition) is 3. The van der Waals surface area contributed by atoms with Crippen molar-refractivity contribution in [3.05, 3.63) is 71.0 Å². The molecule has 1 aromatic heterocycles. The molecule has 188 valence electrons. The van der Waals surface area contributed by atoms with Crippen molar-refractivity contribution in [3.63, 3.8) is 0 Å². The van der Waals surface area contributed by atoms with Crippen molar-refractivity contribution in [3.8, 4) is 22.3 Å². The maximum Gasteiger partial charge on any atom is 0.124 e. The lowest BCUT2D eigenvalue weighted by Gasteiger charge is -2.23. The van der Waals surface area contributed by atoms with Crippen LogP contribution in [-0.2, 0) is 6.42 Å². The van der Waals surface area contributed by atoms with Gasteiger partial charge in [-0.25, -0.2) is 4.98 Å². The smallest absolute Gasteiger partial charge is 0.124 e. The number of benzene rings is 3. The molecule has 4 atom stereocenters. The summed E-state index contributed by atoms with van der Waals surface area (Å²) in [4.78, 5) is 13.3. The van der Waals surface area contributed by atoms with Gasteiger partial charge in [-0.05, 0) is 122 Å². The maximum atomic E-state index is 4.91. The quantitative estimate of drug-likeness (QED) is 0.280. The number of aliphatic imine (C=N–C) groups is 1. The zero-order chi connectivity index (χ0) is 25.3. The summed E-state index contributed by atoms with van der Waals surface area (Å²) in [5, 5.41) is 6.63. The summed E-state index contributed by atoms with van der Waals surface area (Å²) in [5.41, 5.74) is 14.5. The Morgan fingerprint density at radius 1 is 0.838 bits per heavy atom. The van der Waals surface area contributed by atoms with Crippen LogP contribution in [0.1, 0.15) is 73.5 Å². The second-order valence-electron chi connectivity index (χ2n) is 11.2. The topological polar surface area (TPSA) is 65.1 Å². The Bertz CT molecular complexity index is 1560. The van der Waals surface area contributed by atoms with E-state index in [4.69, 9.17) is 9.98 Å². The average Bonchev–Trinajstić information content (AvgIpc) is 3.73. The molecule has 4 aromatic rings. The molecule has 2 heterocycles. The van der Waals surface area contributed by atoms with Gasteiger partial charge in [0, 0.05) is 18.2 Å². The third-order valence-electron chi connectivity index (χ3n) is 9.15. The molecule has 2 aliphatic carbocycles. The van der Waals surface area contributed by atoms with Gasteiger partial charge < -0.3 is 15.6 Å². The summed E-state index contributed by atoms with van der Waals surface area (Å²) in [6, 6.07) is 18.9. The van der Waals surface area contributed by atoms with Crippen LogP contribution in [0.25, 0.3) is 33.3 Å². The summed E-state index contributed by atoms with van der Waals surface area (Å²) in [7, 11) is 3.98. The standard InChI is InChI=1S/C32H35N5/c1-17(33-3)28-16-23-13-19(7-11-26(23)35-28)24-9-10-25(31-22-6-5-21(14-22)30(24)31)20-8-12-27-29(15-20)37-32(36-27)18(2)34-4/h7-13,15,17-18,21-22,33-34H,5-6,14,16H2,1-4H3,(H,36,37). The van der Waals surface area contributed by atoms with E-state index in [2.05, 4.69) is 78.0 Å². The molecule has 1 saturated carbocycles. The zero-order valence-electron chi connectivity index (χ0n) is 22.2. The maximum absolute atomic E-state index is 4.91. The van der Waals surface area contributed by atoms with Crippen molar-refractivity contribution >= 4 is 22.4 Å². The van der Waals surface area contributed by atoms with Crippen LogP contribution >= 0.6 is 0 Å². The summed E-state index contributed by atoms with van der Waals surface area (Å²) >= 11 is 0. The fourth-order valence-corrected chi connectivity index (χ4v) is 6.87. The molecule has 1 fully saturated rings. The summed E-state index contributed by atoms with van der Waals surface area (Å²) in [5.74, 6) is 2.34. The van der Waals surface area contributed by atoms with Crippen molar-refractivity contribution in [2.75, 3.05) is 14.1 Å². The first-order valence-corrected chi connectivity index (χ1v) is 13.8. The Balaban J connectivity index is 1.30. The molecule has 5 heteroatoms. The van der Waals surface area contributed by atoms with Gasteiger partial charge in [-0.3, -0.25) is 4.99 Å². The normalized spacial score (nSPS) is 21.2. The van der Waals surface area contributed by atoms with Crippen molar-refractivity contribution in [1.29, 1.82) is 0 Å². The van der Waals surface area contributed by atoms with Crippen LogP contribution < -0.4 is 10.6 Å². The first kappa shape index (κ1) is 22.9. The molecule has 1 aliphatic heterocycles. The molecule has 0 radical (unpaired) electrons. The van der Waals surface area contributed by atoms with Crippen molar-refractivity contribution < 1.29 is 0 Å². The Morgan fingerprint density at radius 3 is 2.22 bits per heavy atom. The second kappa shape index (κ2) is 8.64. The molecular formula is C32H35N5. The fourth-order valence-electron chi connectivity index (χ4n) is 6.87. The number of hydrogen-bond acceptors (Lipinski definition) is 4. The number of nitrogens with one attached hydrogen (secondary N) is 3. The molecule has 7 rings (SSSR count). The third-order valence-corrected chi connectivity index (χ3v) is 9.15. The molecular weight excluding hydrogens is 454 g/mol. The average molecular weight is 490 g/mol. The lowest BCUT2D eigenvalue weighted by Crippen LogP contribution is -2.30. The Labute approximate surface area is 218 Å². The summed E-state index contributed by atoms with van der Waals surface area (Å²) < 4.78 is 0. The highest BCUT2D eigenvalue weighted by molar-refractivity contribution is 5.98. The van der Waals surface area contributed by atoms with E-state index in [9.17, 15) is 0 Å². The number of fused-ring (bicyclic) bond motifs is 7. The van der Waals surface area contributed by atoms with Gasteiger partial charge in [0.25, 0.3) is 0 Å². The highest BCUT2D eigenvalue weighted by atomic mass is 15.0.